The molecule has 3 nitrogen and oxygen atoms in total. The minimum absolute atomic E-state index is 0.142. The summed E-state index contributed by atoms with van der Waals surface area (Å²) in [7, 11) is 4.12. The Morgan fingerprint density at radius 2 is 1.86 bits per heavy atom. The van der Waals surface area contributed by atoms with Crippen LogP contribution < -0.4 is 10.6 Å². The van der Waals surface area contributed by atoms with E-state index >= 15 is 0 Å². The van der Waals surface area contributed by atoms with E-state index in [1.165, 1.54) is 5.56 Å². The predicted octanol–water partition coefficient (Wildman–Crippen LogP) is 4.04. The van der Waals surface area contributed by atoms with Gasteiger partial charge in [-0.1, -0.05) is 52.3 Å². The predicted molar refractivity (Wildman–Crippen MR) is 101 cm³/mol. The van der Waals surface area contributed by atoms with Crippen molar-refractivity contribution in [1.82, 2.24) is 10.2 Å². The van der Waals surface area contributed by atoms with E-state index in [2.05, 4.69) is 57.7 Å². The van der Waals surface area contributed by atoms with Gasteiger partial charge in [-0.3, -0.25) is 0 Å². The van der Waals surface area contributed by atoms with Crippen molar-refractivity contribution in [3.63, 3.8) is 0 Å². The Balaban J connectivity index is 2.05. The molecule has 22 heavy (non-hydrogen) atoms. The number of halogens is 1. The van der Waals surface area contributed by atoms with Gasteiger partial charge in [0, 0.05) is 16.7 Å². The van der Waals surface area contributed by atoms with Gasteiger partial charge < -0.3 is 15.5 Å². The second-order valence-corrected chi connectivity index (χ2v) is 6.66. The summed E-state index contributed by atoms with van der Waals surface area (Å²) in [5.41, 5.74) is 2.18. The Morgan fingerprint density at radius 3 is 2.50 bits per heavy atom. The Morgan fingerprint density at radius 1 is 1.14 bits per heavy atom. The molecule has 0 aliphatic rings. The van der Waals surface area contributed by atoms with Crippen molar-refractivity contribution < 1.29 is 0 Å². The van der Waals surface area contributed by atoms with Crippen LogP contribution in [0, 0.1) is 0 Å². The molecule has 5 heteroatoms. The Bertz CT molecular complexity index is 616. The quantitative estimate of drug-likeness (QED) is 0.768. The van der Waals surface area contributed by atoms with Crippen molar-refractivity contribution in [2.24, 2.45) is 0 Å². The van der Waals surface area contributed by atoms with Gasteiger partial charge in [0.1, 0.15) is 0 Å². The van der Waals surface area contributed by atoms with Crippen LogP contribution in [0.25, 0.3) is 0 Å². The third-order valence-corrected chi connectivity index (χ3v) is 3.85. The smallest absolute Gasteiger partial charge is 0.171 e. The molecule has 2 aromatic carbocycles. The van der Waals surface area contributed by atoms with E-state index in [4.69, 9.17) is 12.2 Å². The van der Waals surface area contributed by atoms with Gasteiger partial charge in [0.05, 0.1) is 6.04 Å². The highest BCUT2D eigenvalue weighted by Crippen LogP contribution is 2.17. The van der Waals surface area contributed by atoms with E-state index in [9.17, 15) is 0 Å². The normalized spacial score (nSPS) is 12.0. The molecule has 0 heterocycles. The van der Waals surface area contributed by atoms with Crippen molar-refractivity contribution in [3.05, 3.63) is 64.6 Å². The van der Waals surface area contributed by atoms with Gasteiger partial charge in [0.15, 0.2) is 5.11 Å². The first-order valence-corrected chi connectivity index (χ1v) is 8.27. The van der Waals surface area contributed by atoms with Crippen molar-refractivity contribution in [1.29, 1.82) is 0 Å². The number of hydrogen-bond donors (Lipinski definition) is 2. The number of hydrogen-bond acceptors (Lipinski definition) is 2. The number of anilines is 1. The van der Waals surface area contributed by atoms with Crippen molar-refractivity contribution in [3.8, 4) is 0 Å². The zero-order valence-electron chi connectivity index (χ0n) is 12.7. The highest BCUT2D eigenvalue weighted by molar-refractivity contribution is 9.10. The monoisotopic (exact) mass is 377 g/mol. The number of thiocarbonyl (C=S) groups is 1. The highest BCUT2D eigenvalue weighted by atomic mass is 79.9. The van der Waals surface area contributed by atoms with Crippen LogP contribution in [-0.4, -0.2) is 30.7 Å². The molecule has 1 atom stereocenters. The third-order valence-electron chi connectivity index (χ3n) is 3.14. The maximum atomic E-state index is 5.45. The van der Waals surface area contributed by atoms with E-state index in [1.54, 1.807) is 0 Å². The Labute approximate surface area is 145 Å². The van der Waals surface area contributed by atoms with E-state index in [-0.39, 0.29) is 6.04 Å². The summed E-state index contributed by atoms with van der Waals surface area (Å²) in [6.07, 6.45) is 0. The van der Waals surface area contributed by atoms with Crippen LogP contribution in [-0.2, 0) is 0 Å². The molecule has 0 unspecified atom stereocenters. The van der Waals surface area contributed by atoms with Gasteiger partial charge in [0.2, 0.25) is 0 Å². The number of nitrogens with zero attached hydrogens (tertiary/aromatic N) is 1. The minimum Gasteiger partial charge on any atom is -0.354 e. The topological polar surface area (TPSA) is 27.3 Å². The van der Waals surface area contributed by atoms with Gasteiger partial charge in [-0.05, 0) is 50.1 Å². The Hall–Kier alpha value is -1.43. The summed E-state index contributed by atoms with van der Waals surface area (Å²) in [6.45, 7) is 0.865. The van der Waals surface area contributed by atoms with Crippen LogP contribution in [0.3, 0.4) is 0 Å². The van der Waals surface area contributed by atoms with Crippen molar-refractivity contribution in [2.45, 2.75) is 6.04 Å². The van der Waals surface area contributed by atoms with Gasteiger partial charge in [-0.2, -0.15) is 0 Å². The SMILES string of the molecule is CN(C)C[C@@H](NC(=S)Nc1cccc(Br)c1)c1ccccc1. The van der Waals surface area contributed by atoms with Gasteiger partial charge >= 0.3 is 0 Å². The molecule has 0 saturated carbocycles. The fraction of sp³-hybridized carbons (Fsp3) is 0.235. The fourth-order valence-corrected chi connectivity index (χ4v) is 2.84. The fourth-order valence-electron chi connectivity index (χ4n) is 2.18. The summed E-state index contributed by atoms with van der Waals surface area (Å²) in [4.78, 5) is 2.15. The lowest BCUT2D eigenvalue weighted by Gasteiger charge is -2.24. The molecule has 2 rings (SSSR count). The molecule has 0 amide bonds. The molecule has 116 valence electrons. The summed E-state index contributed by atoms with van der Waals surface area (Å²) < 4.78 is 1.02. The average molecular weight is 378 g/mol. The first kappa shape index (κ1) is 16.9. The first-order chi connectivity index (χ1) is 10.5. The molecule has 0 radical (unpaired) electrons. The van der Waals surface area contributed by atoms with Crippen LogP contribution in [0.1, 0.15) is 11.6 Å². The average Bonchev–Trinajstić information content (AvgIpc) is 2.47. The van der Waals surface area contributed by atoms with Crippen LogP contribution in [0.5, 0.6) is 0 Å². The van der Waals surface area contributed by atoms with E-state index in [0.29, 0.717) is 5.11 Å². The lowest BCUT2D eigenvalue weighted by molar-refractivity contribution is 0.363. The lowest BCUT2D eigenvalue weighted by Crippen LogP contribution is -2.37. The van der Waals surface area contributed by atoms with E-state index < -0.39 is 0 Å². The first-order valence-electron chi connectivity index (χ1n) is 7.07. The molecule has 0 bridgehead atoms. The molecule has 0 spiro atoms. The standard InChI is InChI=1S/C17H20BrN3S/c1-21(2)12-16(13-7-4-3-5-8-13)20-17(22)19-15-10-6-9-14(18)11-15/h3-11,16H,12H2,1-2H3,(H2,19,20,22)/t16-/m1/s1. The summed E-state index contributed by atoms with van der Waals surface area (Å²) in [5.74, 6) is 0. The van der Waals surface area contributed by atoms with Crippen molar-refractivity contribution >= 4 is 38.9 Å². The summed E-state index contributed by atoms with van der Waals surface area (Å²) >= 11 is 8.91. The van der Waals surface area contributed by atoms with Crippen LogP contribution >= 0.6 is 28.1 Å². The second-order valence-electron chi connectivity index (χ2n) is 5.33. The number of nitrogens with one attached hydrogen (secondary N) is 2. The molecule has 0 fully saturated rings. The lowest BCUT2D eigenvalue weighted by atomic mass is 10.1. The molecular formula is C17H20BrN3S. The summed E-state index contributed by atoms with van der Waals surface area (Å²) in [6, 6.07) is 18.4. The maximum absolute atomic E-state index is 5.45. The van der Waals surface area contributed by atoms with E-state index in [0.717, 1.165) is 16.7 Å². The number of likely N-dealkylation sites (N-methyl/N-ethyl adjacent to an activating group) is 1. The van der Waals surface area contributed by atoms with Gasteiger partial charge in [0.25, 0.3) is 0 Å². The molecular weight excluding hydrogens is 358 g/mol. The third kappa shape index (κ3) is 5.40. The molecule has 2 N–H and O–H groups in total. The molecule has 0 saturated heterocycles. The molecule has 0 aliphatic heterocycles. The van der Waals surface area contributed by atoms with Gasteiger partial charge in [-0.15, -0.1) is 0 Å². The van der Waals surface area contributed by atoms with E-state index in [1.807, 2.05) is 42.5 Å². The minimum atomic E-state index is 0.142. The number of rotatable bonds is 5. The van der Waals surface area contributed by atoms with Crippen molar-refractivity contribution in [2.75, 3.05) is 26.0 Å². The molecule has 0 aliphatic carbocycles. The zero-order chi connectivity index (χ0) is 15.9. The molecule has 0 aromatic heterocycles. The number of benzene rings is 2. The second kappa shape index (κ2) is 8.27. The summed E-state index contributed by atoms with van der Waals surface area (Å²) in [5, 5.41) is 7.24. The maximum Gasteiger partial charge on any atom is 0.171 e. The zero-order valence-corrected chi connectivity index (χ0v) is 15.1. The van der Waals surface area contributed by atoms with Crippen LogP contribution in [0.4, 0.5) is 5.69 Å². The molecule has 2 aromatic rings. The van der Waals surface area contributed by atoms with Gasteiger partial charge in [-0.25, -0.2) is 0 Å². The Kier molecular flexibility index (Phi) is 6.36. The largest absolute Gasteiger partial charge is 0.354 e. The highest BCUT2D eigenvalue weighted by Gasteiger charge is 2.13. The van der Waals surface area contributed by atoms with Crippen LogP contribution in [0.15, 0.2) is 59.1 Å². The van der Waals surface area contributed by atoms with Crippen LogP contribution in [0.2, 0.25) is 0 Å².